The van der Waals surface area contributed by atoms with Gasteiger partial charge in [-0.2, -0.15) is 0 Å². The molecular formula is C7H10O3S. The number of carboxylic acid groups (broad SMARTS) is 1. The van der Waals surface area contributed by atoms with E-state index in [4.69, 9.17) is 5.11 Å². The van der Waals surface area contributed by atoms with E-state index in [0.717, 1.165) is 11.8 Å². The van der Waals surface area contributed by atoms with E-state index >= 15 is 0 Å². The van der Waals surface area contributed by atoms with Gasteiger partial charge in [-0.3, -0.25) is 9.59 Å². The van der Waals surface area contributed by atoms with E-state index in [2.05, 4.69) is 6.58 Å². The number of carbonyl (C=O) groups is 2. The zero-order chi connectivity index (χ0) is 8.85. The summed E-state index contributed by atoms with van der Waals surface area (Å²) in [7, 11) is 0. The van der Waals surface area contributed by atoms with Crippen molar-refractivity contribution in [3.8, 4) is 0 Å². The van der Waals surface area contributed by atoms with E-state index < -0.39 is 5.97 Å². The first-order valence-corrected chi connectivity index (χ1v) is 4.07. The van der Waals surface area contributed by atoms with Crippen LogP contribution in [0.1, 0.15) is 13.3 Å². The third-order valence-corrected chi connectivity index (χ3v) is 1.92. The summed E-state index contributed by atoms with van der Waals surface area (Å²) in [5.74, 6) is -0.562. The molecule has 1 N–H and O–H groups in total. The molecule has 62 valence electrons. The molecule has 3 nitrogen and oxygen atoms in total. The zero-order valence-electron chi connectivity index (χ0n) is 6.29. The highest BCUT2D eigenvalue weighted by molar-refractivity contribution is 8.14. The van der Waals surface area contributed by atoms with Gasteiger partial charge in [-0.05, 0) is 12.5 Å². The quantitative estimate of drug-likeness (QED) is 0.652. The molecule has 0 aliphatic heterocycles. The third-order valence-electron chi connectivity index (χ3n) is 0.898. The SMILES string of the molecule is C=C(C)C(=O)SCCC(=O)O. The van der Waals surface area contributed by atoms with Gasteiger partial charge in [0, 0.05) is 5.75 Å². The second kappa shape index (κ2) is 4.96. The van der Waals surface area contributed by atoms with Gasteiger partial charge >= 0.3 is 5.97 Å². The number of thioether (sulfide) groups is 1. The molecule has 11 heavy (non-hydrogen) atoms. The van der Waals surface area contributed by atoms with E-state index in [-0.39, 0.29) is 11.5 Å². The lowest BCUT2D eigenvalue weighted by Gasteiger charge is -1.95. The fourth-order valence-corrected chi connectivity index (χ4v) is 1.06. The third kappa shape index (κ3) is 5.66. The summed E-state index contributed by atoms with van der Waals surface area (Å²) in [4.78, 5) is 20.8. The Labute approximate surface area is 69.5 Å². The average Bonchev–Trinajstić information content (AvgIpc) is 1.86. The second-order valence-electron chi connectivity index (χ2n) is 2.06. The van der Waals surface area contributed by atoms with Crippen LogP contribution in [0.4, 0.5) is 0 Å². The molecule has 0 amide bonds. The number of carboxylic acids is 1. The molecule has 0 unspecified atom stereocenters. The van der Waals surface area contributed by atoms with Gasteiger partial charge < -0.3 is 5.11 Å². The van der Waals surface area contributed by atoms with Crippen molar-refractivity contribution >= 4 is 22.8 Å². The molecule has 0 aromatic rings. The number of hydrogen-bond donors (Lipinski definition) is 1. The number of hydrogen-bond acceptors (Lipinski definition) is 3. The van der Waals surface area contributed by atoms with Crippen molar-refractivity contribution in [2.24, 2.45) is 0 Å². The topological polar surface area (TPSA) is 54.4 Å². The van der Waals surface area contributed by atoms with E-state index in [9.17, 15) is 9.59 Å². The van der Waals surface area contributed by atoms with Crippen LogP contribution in [0.5, 0.6) is 0 Å². The van der Waals surface area contributed by atoms with Crippen molar-refractivity contribution in [1.82, 2.24) is 0 Å². The van der Waals surface area contributed by atoms with Gasteiger partial charge in [-0.15, -0.1) is 0 Å². The first-order valence-electron chi connectivity index (χ1n) is 3.08. The second-order valence-corrected chi connectivity index (χ2v) is 3.13. The first kappa shape index (κ1) is 10.2. The van der Waals surface area contributed by atoms with Crippen LogP contribution in [0.25, 0.3) is 0 Å². The van der Waals surface area contributed by atoms with Crippen LogP contribution in [0.2, 0.25) is 0 Å². The van der Waals surface area contributed by atoms with Crippen LogP contribution >= 0.6 is 11.8 Å². The lowest BCUT2D eigenvalue weighted by atomic mass is 10.4. The Hall–Kier alpha value is -0.770. The highest BCUT2D eigenvalue weighted by Crippen LogP contribution is 2.09. The lowest BCUT2D eigenvalue weighted by molar-refractivity contribution is -0.136. The smallest absolute Gasteiger partial charge is 0.304 e. The summed E-state index contributed by atoms with van der Waals surface area (Å²) in [6.07, 6.45) is 0.0175. The molecule has 0 aliphatic rings. The van der Waals surface area contributed by atoms with Crippen LogP contribution in [0, 0.1) is 0 Å². The van der Waals surface area contributed by atoms with Gasteiger partial charge in [-0.25, -0.2) is 0 Å². The minimum absolute atomic E-state index is 0.0175. The van der Waals surface area contributed by atoms with Crippen molar-refractivity contribution in [3.05, 3.63) is 12.2 Å². The number of aliphatic carboxylic acids is 1. The minimum Gasteiger partial charge on any atom is -0.481 e. The molecule has 0 heterocycles. The molecule has 0 rings (SSSR count). The summed E-state index contributed by atoms with van der Waals surface area (Å²) in [5.41, 5.74) is 0.459. The fraction of sp³-hybridized carbons (Fsp3) is 0.429. The van der Waals surface area contributed by atoms with Crippen LogP contribution < -0.4 is 0 Å². The average molecular weight is 174 g/mol. The van der Waals surface area contributed by atoms with Crippen molar-refractivity contribution in [2.45, 2.75) is 13.3 Å². The summed E-state index contributed by atoms with van der Waals surface area (Å²) >= 11 is 0.994. The summed E-state index contributed by atoms with van der Waals surface area (Å²) in [6.45, 7) is 5.04. The largest absolute Gasteiger partial charge is 0.481 e. The van der Waals surface area contributed by atoms with Crippen LogP contribution in [0.15, 0.2) is 12.2 Å². The normalized spacial score (nSPS) is 9.18. The standard InChI is InChI=1S/C7H10O3S/c1-5(2)7(10)11-4-3-6(8)9/h1,3-4H2,2H3,(H,8,9). The summed E-state index contributed by atoms with van der Waals surface area (Å²) in [6, 6.07) is 0. The molecule has 0 aromatic carbocycles. The highest BCUT2D eigenvalue weighted by atomic mass is 32.2. The van der Waals surface area contributed by atoms with Crippen molar-refractivity contribution < 1.29 is 14.7 Å². The van der Waals surface area contributed by atoms with Crippen molar-refractivity contribution in [3.63, 3.8) is 0 Å². The number of carbonyl (C=O) groups excluding carboxylic acids is 1. The van der Waals surface area contributed by atoms with E-state index in [0.29, 0.717) is 11.3 Å². The first-order chi connectivity index (χ1) is 5.04. The maximum atomic E-state index is 10.8. The molecule has 0 spiro atoms. The van der Waals surface area contributed by atoms with Gasteiger partial charge in [0.1, 0.15) is 0 Å². The van der Waals surface area contributed by atoms with Gasteiger partial charge in [-0.1, -0.05) is 18.3 Å². The molecule has 0 bridgehead atoms. The van der Waals surface area contributed by atoms with Gasteiger partial charge in [0.15, 0.2) is 0 Å². The van der Waals surface area contributed by atoms with Gasteiger partial charge in [0.05, 0.1) is 6.42 Å². The van der Waals surface area contributed by atoms with Crippen LogP contribution in [-0.4, -0.2) is 21.9 Å². The Morgan fingerprint density at radius 2 is 2.09 bits per heavy atom. The molecule has 4 heteroatoms. The van der Waals surface area contributed by atoms with Crippen LogP contribution in [-0.2, 0) is 9.59 Å². The van der Waals surface area contributed by atoms with E-state index in [1.807, 2.05) is 0 Å². The van der Waals surface area contributed by atoms with Crippen molar-refractivity contribution in [2.75, 3.05) is 5.75 Å². The minimum atomic E-state index is -0.882. The Morgan fingerprint density at radius 1 is 1.55 bits per heavy atom. The van der Waals surface area contributed by atoms with Crippen LogP contribution in [0.3, 0.4) is 0 Å². The molecule has 0 saturated heterocycles. The lowest BCUT2D eigenvalue weighted by Crippen LogP contribution is -1.99. The molecule has 0 saturated carbocycles. The molecule has 0 aromatic heterocycles. The molecular weight excluding hydrogens is 164 g/mol. The molecule has 0 aliphatic carbocycles. The summed E-state index contributed by atoms with van der Waals surface area (Å²) in [5, 5.41) is 8.08. The predicted octanol–water partition coefficient (Wildman–Crippen LogP) is 1.30. The summed E-state index contributed by atoms with van der Waals surface area (Å²) < 4.78 is 0. The Bertz CT molecular complexity index is 186. The van der Waals surface area contributed by atoms with Crippen molar-refractivity contribution in [1.29, 1.82) is 0 Å². The van der Waals surface area contributed by atoms with Gasteiger partial charge in [0.25, 0.3) is 0 Å². The highest BCUT2D eigenvalue weighted by Gasteiger charge is 2.04. The molecule has 0 atom stereocenters. The Kier molecular flexibility index (Phi) is 4.61. The molecule has 0 fully saturated rings. The van der Waals surface area contributed by atoms with E-state index in [1.165, 1.54) is 0 Å². The predicted molar refractivity (Wildman–Crippen MR) is 44.5 cm³/mol. The van der Waals surface area contributed by atoms with Gasteiger partial charge in [0.2, 0.25) is 5.12 Å². The Morgan fingerprint density at radius 3 is 2.45 bits per heavy atom. The molecule has 0 radical (unpaired) electrons. The Balaban J connectivity index is 3.47. The fourth-order valence-electron chi connectivity index (χ4n) is 0.354. The monoisotopic (exact) mass is 174 g/mol. The number of rotatable bonds is 4. The maximum Gasteiger partial charge on any atom is 0.304 e. The zero-order valence-corrected chi connectivity index (χ0v) is 7.11. The van der Waals surface area contributed by atoms with E-state index in [1.54, 1.807) is 6.92 Å². The maximum absolute atomic E-state index is 10.8.